The number of hydrogen-bond donors (Lipinski definition) is 1. The maximum Gasteiger partial charge on any atom is 0.318 e. The third-order valence-corrected chi connectivity index (χ3v) is 4.20. The van der Waals surface area contributed by atoms with Crippen molar-refractivity contribution in [2.45, 2.75) is 69.9 Å². The molecular weight excluding hydrogens is 226 g/mol. The highest BCUT2D eigenvalue weighted by atomic mass is 16.2. The summed E-state index contributed by atoms with van der Waals surface area (Å²) in [7, 11) is 0. The molecule has 0 saturated heterocycles. The van der Waals surface area contributed by atoms with E-state index in [1.807, 2.05) is 0 Å². The second-order valence-corrected chi connectivity index (χ2v) is 5.51. The Balaban J connectivity index is 1.88. The van der Waals surface area contributed by atoms with Crippen molar-refractivity contribution in [2.24, 2.45) is 0 Å². The first kappa shape index (κ1) is 13.2. The Kier molecular flexibility index (Phi) is 4.86. The summed E-state index contributed by atoms with van der Waals surface area (Å²) >= 11 is 0. The van der Waals surface area contributed by atoms with E-state index in [9.17, 15) is 4.79 Å². The summed E-state index contributed by atoms with van der Waals surface area (Å²) in [6.07, 6.45) is 10.4. The lowest BCUT2D eigenvalue weighted by Gasteiger charge is -2.30. The maximum atomic E-state index is 12.3. The Morgan fingerprint density at radius 1 is 1.11 bits per heavy atom. The van der Waals surface area contributed by atoms with Crippen molar-refractivity contribution in [3.63, 3.8) is 0 Å². The Morgan fingerprint density at radius 3 is 2.33 bits per heavy atom. The van der Waals surface area contributed by atoms with Crippen LogP contribution >= 0.6 is 0 Å². The molecule has 1 N–H and O–H groups in total. The molecule has 0 radical (unpaired) electrons. The van der Waals surface area contributed by atoms with Gasteiger partial charge in [0, 0.05) is 12.1 Å². The molecule has 100 valence electrons. The third-order valence-electron chi connectivity index (χ3n) is 4.20. The van der Waals surface area contributed by atoms with Gasteiger partial charge >= 0.3 is 6.03 Å². The van der Waals surface area contributed by atoms with Crippen molar-refractivity contribution in [2.75, 3.05) is 6.54 Å². The van der Waals surface area contributed by atoms with Crippen LogP contribution in [-0.2, 0) is 0 Å². The Labute approximate surface area is 109 Å². The fourth-order valence-electron chi connectivity index (χ4n) is 3.16. The van der Waals surface area contributed by atoms with Crippen molar-refractivity contribution < 1.29 is 4.79 Å². The van der Waals surface area contributed by atoms with Crippen LogP contribution in [0.2, 0.25) is 0 Å². The average Bonchev–Trinajstić information content (AvgIpc) is 2.90. The second-order valence-electron chi connectivity index (χ2n) is 5.51. The predicted octanol–water partition coefficient (Wildman–Crippen LogP) is 2.80. The minimum absolute atomic E-state index is 0.0182. The number of carbonyl (C=O) groups excluding carboxylic acids is 1. The molecule has 2 amide bonds. The molecule has 4 heteroatoms. The first-order valence-electron chi connectivity index (χ1n) is 7.25. The van der Waals surface area contributed by atoms with Gasteiger partial charge in [0.15, 0.2) is 0 Å². The highest BCUT2D eigenvalue weighted by Crippen LogP contribution is 2.24. The Morgan fingerprint density at radius 2 is 1.72 bits per heavy atom. The van der Waals surface area contributed by atoms with E-state index in [1.54, 1.807) is 4.90 Å². The number of nitrogens with zero attached hydrogens (tertiary/aromatic N) is 2. The minimum atomic E-state index is -0.0182. The largest absolute Gasteiger partial charge is 0.335 e. The number of nitrogens with one attached hydrogen (secondary N) is 1. The van der Waals surface area contributed by atoms with Gasteiger partial charge in [-0.2, -0.15) is 5.26 Å². The van der Waals surface area contributed by atoms with Crippen LogP contribution in [0.25, 0.3) is 0 Å². The lowest BCUT2D eigenvalue weighted by Crippen LogP contribution is -2.49. The van der Waals surface area contributed by atoms with Crippen LogP contribution in [0.1, 0.15) is 57.8 Å². The zero-order valence-corrected chi connectivity index (χ0v) is 11.0. The SMILES string of the molecule is N#CCN(C(=O)NC1CCCCC1)C1CCCC1. The quantitative estimate of drug-likeness (QED) is 0.782. The first-order valence-corrected chi connectivity index (χ1v) is 7.25. The zero-order valence-electron chi connectivity index (χ0n) is 11.0. The van der Waals surface area contributed by atoms with Crippen LogP contribution < -0.4 is 5.32 Å². The molecule has 0 aromatic rings. The van der Waals surface area contributed by atoms with E-state index in [0.29, 0.717) is 6.04 Å². The molecule has 0 spiro atoms. The summed E-state index contributed by atoms with van der Waals surface area (Å²) in [4.78, 5) is 14.0. The van der Waals surface area contributed by atoms with Crippen LogP contribution in [0.5, 0.6) is 0 Å². The van der Waals surface area contributed by atoms with Crippen molar-refractivity contribution >= 4 is 6.03 Å². The van der Waals surface area contributed by atoms with E-state index in [-0.39, 0.29) is 18.6 Å². The van der Waals surface area contributed by atoms with Crippen molar-refractivity contribution in [1.29, 1.82) is 5.26 Å². The van der Waals surface area contributed by atoms with Crippen molar-refractivity contribution in [1.82, 2.24) is 10.2 Å². The lowest BCUT2D eigenvalue weighted by atomic mass is 9.96. The molecule has 0 bridgehead atoms. The van der Waals surface area contributed by atoms with E-state index in [2.05, 4.69) is 11.4 Å². The summed E-state index contributed by atoms with van der Waals surface area (Å²) in [6.45, 7) is 0.225. The molecular formula is C14H23N3O. The van der Waals surface area contributed by atoms with E-state index in [4.69, 9.17) is 5.26 Å². The van der Waals surface area contributed by atoms with Gasteiger partial charge < -0.3 is 10.2 Å². The summed E-state index contributed by atoms with van der Waals surface area (Å²) in [5, 5.41) is 12.0. The van der Waals surface area contributed by atoms with Crippen LogP contribution in [0.4, 0.5) is 4.79 Å². The molecule has 0 unspecified atom stereocenters. The number of carbonyl (C=O) groups is 1. The smallest absolute Gasteiger partial charge is 0.318 e. The first-order chi connectivity index (χ1) is 8.81. The number of hydrogen-bond acceptors (Lipinski definition) is 2. The predicted molar refractivity (Wildman–Crippen MR) is 70.0 cm³/mol. The zero-order chi connectivity index (χ0) is 12.8. The normalized spacial score (nSPS) is 21.5. The molecule has 0 atom stereocenters. The van der Waals surface area contributed by atoms with Gasteiger partial charge in [0.05, 0.1) is 6.07 Å². The summed E-state index contributed by atoms with van der Waals surface area (Å²) in [5.74, 6) is 0. The van der Waals surface area contributed by atoms with E-state index >= 15 is 0 Å². The van der Waals surface area contributed by atoms with Gasteiger partial charge in [0.25, 0.3) is 0 Å². The maximum absolute atomic E-state index is 12.3. The van der Waals surface area contributed by atoms with Gasteiger partial charge in [-0.25, -0.2) is 4.79 Å². The number of amides is 2. The van der Waals surface area contributed by atoms with Gasteiger partial charge in [-0.15, -0.1) is 0 Å². The lowest BCUT2D eigenvalue weighted by molar-refractivity contribution is 0.176. The fourth-order valence-corrected chi connectivity index (χ4v) is 3.16. The summed E-state index contributed by atoms with van der Waals surface area (Å²) in [5.41, 5.74) is 0. The van der Waals surface area contributed by atoms with Gasteiger partial charge in [0.1, 0.15) is 6.54 Å². The highest BCUT2D eigenvalue weighted by Gasteiger charge is 2.27. The van der Waals surface area contributed by atoms with E-state index in [1.165, 1.54) is 32.1 Å². The number of urea groups is 1. The molecule has 18 heavy (non-hydrogen) atoms. The average molecular weight is 249 g/mol. The Hall–Kier alpha value is -1.24. The monoisotopic (exact) mass is 249 g/mol. The fraction of sp³-hybridized carbons (Fsp3) is 0.857. The molecule has 4 nitrogen and oxygen atoms in total. The van der Waals surface area contributed by atoms with E-state index < -0.39 is 0 Å². The molecule has 2 aliphatic rings. The van der Waals surface area contributed by atoms with Gasteiger partial charge in [-0.05, 0) is 25.7 Å². The molecule has 0 aromatic heterocycles. The van der Waals surface area contributed by atoms with Crippen LogP contribution in [0, 0.1) is 11.3 Å². The number of nitriles is 1. The topological polar surface area (TPSA) is 56.1 Å². The highest BCUT2D eigenvalue weighted by molar-refractivity contribution is 5.75. The molecule has 2 aliphatic carbocycles. The van der Waals surface area contributed by atoms with Gasteiger partial charge in [-0.3, -0.25) is 0 Å². The van der Waals surface area contributed by atoms with Crippen LogP contribution in [-0.4, -0.2) is 29.6 Å². The summed E-state index contributed by atoms with van der Waals surface area (Å²) < 4.78 is 0. The molecule has 0 heterocycles. The minimum Gasteiger partial charge on any atom is -0.335 e. The van der Waals surface area contributed by atoms with Crippen LogP contribution in [0.15, 0.2) is 0 Å². The van der Waals surface area contributed by atoms with Crippen LogP contribution in [0.3, 0.4) is 0 Å². The summed E-state index contributed by atoms with van der Waals surface area (Å²) in [6, 6.07) is 2.72. The van der Waals surface area contributed by atoms with Gasteiger partial charge in [-0.1, -0.05) is 32.1 Å². The van der Waals surface area contributed by atoms with Crippen molar-refractivity contribution in [3.8, 4) is 6.07 Å². The molecule has 0 aliphatic heterocycles. The number of rotatable bonds is 3. The Bertz CT molecular complexity index is 311. The molecule has 2 rings (SSSR count). The molecule has 0 aromatic carbocycles. The van der Waals surface area contributed by atoms with Gasteiger partial charge in [0.2, 0.25) is 0 Å². The van der Waals surface area contributed by atoms with E-state index in [0.717, 1.165) is 25.7 Å². The van der Waals surface area contributed by atoms with Crippen molar-refractivity contribution in [3.05, 3.63) is 0 Å². The third kappa shape index (κ3) is 3.38. The molecule has 2 fully saturated rings. The standard InChI is InChI=1S/C14H23N3O/c15-10-11-17(13-8-4-5-9-13)14(18)16-12-6-2-1-3-7-12/h12-13H,1-9,11H2,(H,16,18). The molecule has 2 saturated carbocycles. The second kappa shape index (κ2) is 6.63.